The molecule has 0 aromatic rings. The van der Waals surface area contributed by atoms with Crippen molar-refractivity contribution in [1.29, 1.82) is 0 Å². The quantitative estimate of drug-likeness (QED) is 0.250. The molecular weight excluding hydrogens is 303 g/mol. The molecule has 0 aliphatic carbocycles. The van der Waals surface area contributed by atoms with E-state index in [-0.39, 0.29) is 17.0 Å². The standard InChI is InChI=1S/C16H35P.BrH/c1-4-7-10-11-12-13-16-17(14-8-5-2)15-9-6-3;/h4-16H2,1-3H3;1H. The van der Waals surface area contributed by atoms with Crippen molar-refractivity contribution < 1.29 is 0 Å². The first-order valence-corrected chi connectivity index (χ1v) is 9.97. The molecule has 2 heteroatoms. The summed E-state index contributed by atoms with van der Waals surface area (Å²) in [6.45, 7) is 6.96. The third-order valence-electron chi connectivity index (χ3n) is 3.48. The van der Waals surface area contributed by atoms with E-state index < -0.39 is 0 Å². The van der Waals surface area contributed by atoms with Crippen LogP contribution in [-0.2, 0) is 0 Å². The zero-order valence-electron chi connectivity index (χ0n) is 13.0. The number of unbranched alkanes of at least 4 members (excludes halogenated alkanes) is 7. The fourth-order valence-electron chi connectivity index (χ4n) is 2.21. The second-order valence-corrected chi connectivity index (χ2v) is 8.00. The lowest BCUT2D eigenvalue weighted by Gasteiger charge is -2.17. The van der Waals surface area contributed by atoms with E-state index in [9.17, 15) is 0 Å². The Kier molecular flexibility index (Phi) is 21.1. The van der Waals surface area contributed by atoms with Gasteiger partial charge in [0.2, 0.25) is 0 Å². The average Bonchev–Trinajstić information content (AvgIpc) is 2.35. The number of rotatable bonds is 13. The predicted molar refractivity (Wildman–Crippen MR) is 95.0 cm³/mol. The molecule has 0 aromatic carbocycles. The summed E-state index contributed by atoms with van der Waals surface area (Å²) in [6.07, 6.45) is 19.2. The van der Waals surface area contributed by atoms with Gasteiger partial charge in [-0.25, -0.2) is 0 Å². The summed E-state index contributed by atoms with van der Waals surface area (Å²) >= 11 is 0. The van der Waals surface area contributed by atoms with Gasteiger partial charge in [0, 0.05) is 0 Å². The smallest absolute Gasteiger partial charge is 0.0326 e. The molecule has 0 heterocycles. The third-order valence-corrected chi connectivity index (χ3v) is 6.33. The zero-order chi connectivity index (χ0) is 12.8. The van der Waals surface area contributed by atoms with Crippen molar-refractivity contribution in [2.45, 2.75) is 85.0 Å². The van der Waals surface area contributed by atoms with Crippen molar-refractivity contribution in [3.8, 4) is 0 Å². The summed E-state index contributed by atoms with van der Waals surface area (Å²) in [5.41, 5.74) is 0. The average molecular weight is 339 g/mol. The van der Waals surface area contributed by atoms with E-state index in [2.05, 4.69) is 20.8 Å². The molecule has 0 atom stereocenters. The lowest BCUT2D eigenvalue weighted by molar-refractivity contribution is 0.625. The Balaban J connectivity index is 0. The van der Waals surface area contributed by atoms with Gasteiger partial charge < -0.3 is 0 Å². The minimum atomic E-state index is 0. The number of hydrogen-bond donors (Lipinski definition) is 0. The summed E-state index contributed by atoms with van der Waals surface area (Å²) in [7, 11) is 0.403. The summed E-state index contributed by atoms with van der Waals surface area (Å²) in [5.74, 6) is 0. The Morgan fingerprint density at radius 1 is 0.500 bits per heavy atom. The summed E-state index contributed by atoms with van der Waals surface area (Å²) in [6, 6.07) is 0. The normalized spacial score (nSPS) is 10.7. The molecule has 0 aliphatic heterocycles. The van der Waals surface area contributed by atoms with Gasteiger partial charge in [0.25, 0.3) is 0 Å². The summed E-state index contributed by atoms with van der Waals surface area (Å²) in [5, 5.41) is 0. The van der Waals surface area contributed by atoms with Crippen molar-refractivity contribution in [1.82, 2.24) is 0 Å². The van der Waals surface area contributed by atoms with Crippen molar-refractivity contribution >= 4 is 24.9 Å². The van der Waals surface area contributed by atoms with Gasteiger partial charge in [-0.15, -0.1) is 24.9 Å². The Hall–Kier alpha value is 0.910. The molecule has 0 saturated carbocycles. The molecule has 0 radical (unpaired) electrons. The van der Waals surface area contributed by atoms with Gasteiger partial charge in [-0.3, -0.25) is 0 Å². The first kappa shape index (κ1) is 21.2. The lowest BCUT2D eigenvalue weighted by Crippen LogP contribution is -1.96. The van der Waals surface area contributed by atoms with E-state index in [1.807, 2.05) is 0 Å². The fourth-order valence-corrected chi connectivity index (χ4v) is 5.08. The van der Waals surface area contributed by atoms with Crippen LogP contribution in [0.4, 0.5) is 0 Å². The highest BCUT2D eigenvalue weighted by atomic mass is 79.9. The molecule has 0 bridgehead atoms. The van der Waals surface area contributed by atoms with Crippen LogP contribution in [0.25, 0.3) is 0 Å². The predicted octanol–water partition coefficient (Wildman–Crippen LogP) is 7.01. The van der Waals surface area contributed by atoms with Crippen LogP contribution in [-0.4, -0.2) is 18.5 Å². The summed E-state index contributed by atoms with van der Waals surface area (Å²) < 4.78 is 0. The molecule has 112 valence electrons. The highest BCUT2D eigenvalue weighted by Gasteiger charge is 2.06. The Labute approximate surface area is 128 Å². The van der Waals surface area contributed by atoms with Crippen molar-refractivity contribution in [2.24, 2.45) is 0 Å². The minimum absolute atomic E-state index is 0. The van der Waals surface area contributed by atoms with Crippen LogP contribution in [0.2, 0.25) is 0 Å². The molecule has 0 unspecified atom stereocenters. The number of hydrogen-bond acceptors (Lipinski definition) is 0. The first-order valence-electron chi connectivity index (χ1n) is 8.07. The van der Waals surface area contributed by atoms with Crippen LogP contribution in [0, 0.1) is 0 Å². The minimum Gasteiger partial charge on any atom is -0.114 e. The van der Waals surface area contributed by atoms with Crippen LogP contribution < -0.4 is 0 Å². The maximum Gasteiger partial charge on any atom is -0.0326 e. The molecule has 0 rings (SSSR count). The molecule has 18 heavy (non-hydrogen) atoms. The van der Waals surface area contributed by atoms with E-state index in [1.54, 1.807) is 18.5 Å². The molecule has 0 spiro atoms. The van der Waals surface area contributed by atoms with Gasteiger partial charge in [0.15, 0.2) is 0 Å². The first-order chi connectivity index (χ1) is 8.35. The van der Waals surface area contributed by atoms with Gasteiger partial charge >= 0.3 is 0 Å². The van der Waals surface area contributed by atoms with Crippen LogP contribution in [0.1, 0.15) is 85.0 Å². The van der Waals surface area contributed by atoms with E-state index in [0.29, 0.717) is 7.92 Å². The molecule has 0 aliphatic rings. The maximum absolute atomic E-state index is 2.33. The Morgan fingerprint density at radius 2 is 0.889 bits per heavy atom. The van der Waals surface area contributed by atoms with Gasteiger partial charge in [-0.1, -0.05) is 65.7 Å². The van der Waals surface area contributed by atoms with E-state index >= 15 is 0 Å². The van der Waals surface area contributed by atoms with Gasteiger partial charge in [0.05, 0.1) is 0 Å². The zero-order valence-corrected chi connectivity index (χ0v) is 15.7. The van der Waals surface area contributed by atoms with Crippen molar-refractivity contribution in [2.75, 3.05) is 18.5 Å². The second-order valence-electron chi connectivity index (χ2n) is 5.32. The molecule has 0 amide bonds. The highest BCUT2D eigenvalue weighted by Crippen LogP contribution is 2.38. The molecule has 0 saturated heterocycles. The second kappa shape index (κ2) is 17.9. The van der Waals surface area contributed by atoms with Gasteiger partial charge in [0.1, 0.15) is 0 Å². The van der Waals surface area contributed by atoms with Crippen LogP contribution >= 0.6 is 24.9 Å². The molecular formula is C16H36BrP. The largest absolute Gasteiger partial charge is 0.114 e. The molecule has 0 fully saturated rings. The van der Waals surface area contributed by atoms with Crippen molar-refractivity contribution in [3.63, 3.8) is 0 Å². The lowest BCUT2D eigenvalue weighted by atomic mass is 10.1. The monoisotopic (exact) mass is 338 g/mol. The van der Waals surface area contributed by atoms with Crippen LogP contribution in [0.15, 0.2) is 0 Å². The topological polar surface area (TPSA) is 0 Å². The molecule has 0 N–H and O–H groups in total. The van der Waals surface area contributed by atoms with E-state index in [4.69, 9.17) is 0 Å². The van der Waals surface area contributed by atoms with Gasteiger partial charge in [-0.2, -0.15) is 0 Å². The molecule has 0 aromatic heterocycles. The Bertz CT molecular complexity index is 131. The van der Waals surface area contributed by atoms with Crippen molar-refractivity contribution in [3.05, 3.63) is 0 Å². The van der Waals surface area contributed by atoms with Gasteiger partial charge in [-0.05, 0) is 37.7 Å². The Morgan fingerprint density at radius 3 is 1.39 bits per heavy atom. The fraction of sp³-hybridized carbons (Fsp3) is 1.00. The third kappa shape index (κ3) is 15.0. The SMILES string of the molecule is Br.CCCCCCCCP(CCCC)CCCC. The molecule has 0 nitrogen and oxygen atoms in total. The maximum atomic E-state index is 2.33. The van der Waals surface area contributed by atoms with Crippen LogP contribution in [0.5, 0.6) is 0 Å². The van der Waals surface area contributed by atoms with Crippen LogP contribution in [0.3, 0.4) is 0 Å². The summed E-state index contributed by atoms with van der Waals surface area (Å²) in [4.78, 5) is 0. The van der Waals surface area contributed by atoms with E-state index in [1.165, 1.54) is 64.2 Å². The number of halogens is 1. The van der Waals surface area contributed by atoms with E-state index in [0.717, 1.165) is 0 Å². The highest BCUT2D eigenvalue weighted by molar-refractivity contribution is 8.93.